The fourth-order valence-corrected chi connectivity index (χ4v) is 7.94. The Bertz CT molecular complexity index is 1130. The minimum atomic E-state index is -4.53. The van der Waals surface area contributed by atoms with Crippen molar-refractivity contribution < 1.29 is 66.8 Å². The number of ether oxygens (including phenoxy) is 4. The Balaban J connectivity index is 2.60. The number of unbranched alkanes of at least 4 members (excludes halogenated alkanes) is 24. The molecule has 1 rings (SSSR count). The lowest BCUT2D eigenvalue weighted by molar-refractivity contribution is -0.870. The van der Waals surface area contributed by atoms with Crippen molar-refractivity contribution in [1.82, 2.24) is 0 Å². The number of carbonyl (C=O) groups is 2. The lowest BCUT2D eigenvalue weighted by Gasteiger charge is -2.40. The van der Waals surface area contributed by atoms with E-state index >= 15 is 0 Å². The molecule has 14 nitrogen and oxygen atoms in total. The van der Waals surface area contributed by atoms with Gasteiger partial charge in [-0.05, 0) is 12.8 Å². The van der Waals surface area contributed by atoms with Crippen LogP contribution >= 0.6 is 7.82 Å². The maximum Gasteiger partial charge on any atom is 0.472 e. The number of aliphatic hydroxyl groups is 3. The number of hydrogen-bond donors (Lipinski definition) is 4. The Kier molecular flexibility index (Phi) is 34.2. The molecule has 1 aliphatic rings. The standard InChI is InChI=1S/C46H90NO13P/c1-6-8-10-12-14-16-18-20-22-24-26-28-30-32-41(48)55-36-39(59-42(49)33-31-29-27-25-23-21-19-17-15-13-11-9-7-2)37-56-46-45(52)44(51)43(50)40(60-46)38-58-61(53,54)57-35-34-47(3,4)5/h39-40,43-46,50-52H,6-38H2,1-5H3/p+1/t39?,40-,43-,44+,45-,46+/m1/s1. The van der Waals surface area contributed by atoms with E-state index < -0.39 is 63.2 Å². The Morgan fingerprint density at radius 3 is 1.46 bits per heavy atom. The first-order valence-electron chi connectivity index (χ1n) is 24.3. The average molecular weight is 897 g/mol. The van der Waals surface area contributed by atoms with Crippen LogP contribution in [-0.2, 0) is 42.1 Å². The van der Waals surface area contributed by atoms with Crippen LogP contribution in [0.15, 0.2) is 0 Å². The predicted octanol–water partition coefficient (Wildman–Crippen LogP) is 9.07. The molecule has 0 aliphatic carbocycles. The van der Waals surface area contributed by atoms with Crippen LogP contribution in [0, 0.1) is 0 Å². The van der Waals surface area contributed by atoms with E-state index in [1.807, 2.05) is 21.1 Å². The van der Waals surface area contributed by atoms with Crippen molar-refractivity contribution in [2.75, 3.05) is 54.1 Å². The molecule has 1 aliphatic heterocycles. The van der Waals surface area contributed by atoms with E-state index in [2.05, 4.69) is 13.8 Å². The lowest BCUT2D eigenvalue weighted by atomic mass is 9.99. The molecule has 4 N–H and O–H groups in total. The normalized spacial score (nSPS) is 21.0. The zero-order valence-corrected chi connectivity index (χ0v) is 40.1. The molecule has 0 amide bonds. The van der Waals surface area contributed by atoms with Crippen molar-refractivity contribution in [3.63, 3.8) is 0 Å². The van der Waals surface area contributed by atoms with Crippen molar-refractivity contribution in [2.45, 2.75) is 230 Å². The van der Waals surface area contributed by atoms with E-state index in [0.717, 1.165) is 38.5 Å². The van der Waals surface area contributed by atoms with Crippen LogP contribution in [0.2, 0.25) is 0 Å². The second-order valence-electron chi connectivity index (χ2n) is 18.2. The van der Waals surface area contributed by atoms with Crippen LogP contribution in [0.5, 0.6) is 0 Å². The number of likely N-dealkylation sites (N-methyl/N-ethyl adjacent to an activating group) is 1. The highest BCUT2D eigenvalue weighted by molar-refractivity contribution is 7.47. The summed E-state index contributed by atoms with van der Waals surface area (Å²) in [7, 11) is 1.14. The molecule has 1 heterocycles. The van der Waals surface area contributed by atoms with E-state index in [4.69, 9.17) is 28.0 Å². The van der Waals surface area contributed by atoms with Gasteiger partial charge in [0.2, 0.25) is 0 Å². The maximum absolute atomic E-state index is 12.9. The third-order valence-electron chi connectivity index (χ3n) is 11.2. The number of esters is 2. The monoisotopic (exact) mass is 897 g/mol. The van der Waals surface area contributed by atoms with Crippen LogP contribution in [0.1, 0.15) is 194 Å². The summed E-state index contributed by atoms with van der Waals surface area (Å²) in [5.74, 6) is -0.887. The fraction of sp³-hybridized carbons (Fsp3) is 0.957. The summed E-state index contributed by atoms with van der Waals surface area (Å²) in [6.45, 7) is 3.54. The summed E-state index contributed by atoms with van der Waals surface area (Å²) in [4.78, 5) is 35.8. The predicted molar refractivity (Wildman–Crippen MR) is 239 cm³/mol. The number of carbonyl (C=O) groups excluding carboxylic acids is 2. The number of rotatable bonds is 41. The molecule has 0 aromatic carbocycles. The number of nitrogens with zero attached hydrogens (tertiary/aromatic N) is 1. The highest BCUT2D eigenvalue weighted by Crippen LogP contribution is 2.43. The lowest BCUT2D eigenvalue weighted by Crippen LogP contribution is -2.59. The number of aliphatic hydroxyl groups excluding tert-OH is 3. The van der Waals surface area contributed by atoms with Gasteiger partial charge in [0.25, 0.3) is 0 Å². The van der Waals surface area contributed by atoms with Crippen molar-refractivity contribution in [2.24, 2.45) is 0 Å². The maximum atomic E-state index is 12.9. The van der Waals surface area contributed by atoms with Crippen LogP contribution in [0.3, 0.4) is 0 Å². The van der Waals surface area contributed by atoms with Gasteiger partial charge in [-0.1, -0.05) is 168 Å². The molecule has 1 saturated heterocycles. The second-order valence-corrected chi connectivity index (χ2v) is 19.7. The summed E-state index contributed by atoms with van der Waals surface area (Å²) in [5.41, 5.74) is 0. The quantitative estimate of drug-likeness (QED) is 0.0197. The first-order chi connectivity index (χ1) is 29.2. The molecular formula is C46H91NO13P+. The largest absolute Gasteiger partial charge is 0.472 e. The van der Waals surface area contributed by atoms with Gasteiger partial charge in [0.05, 0.1) is 34.4 Å². The van der Waals surface area contributed by atoms with Crippen LogP contribution in [-0.4, -0.2) is 128 Å². The molecule has 61 heavy (non-hydrogen) atoms. The highest BCUT2D eigenvalue weighted by Gasteiger charge is 2.45. The Labute approximate surface area is 370 Å². The molecule has 0 saturated carbocycles. The van der Waals surface area contributed by atoms with Gasteiger partial charge in [-0.15, -0.1) is 0 Å². The Morgan fingerprint density at radius 1 is 0.590 bits per heavy atom. The van der Waals surface area contributed by atoms with Crippen LogP contribution in [0.25, 0.3) is 0 Å². The van der Waals surface area contributed by atoms with Crippen molar-refractivity contribution >= 4 is 19.8 Å². The van der Waals surface area contributed by atoms with E-state index in [9.17, 15) is 34.4 Å². The highest BCUT2D eigenvalue weighted by atomic mass is 31.2. The molecule has 1 fully saturated rings. The van der Waals surface area contributed by atoms with Gasteiger partial charge < -0.3 is 43.6 Å². The molecule has 362 valence electrons. The third kappa shape index (κ3) is 32.2. The number of quaternary nitrogens is 1. The fourth-order valence-electron chi connectivity index (χ4n) is 7.22. The topological polar surface area (TPSA) is 188 Å². The molecule has 15 heteroatoms. The van der Waals surface area contributed by atoms with Gasteiger partial charge in [-0.25, -0.2) is 4.57 Å². The summed E-state index contributed by atoms with van der Waals surface area (Å²) in [6, 6.07) is 0. The van der Waals surface area contributed by atoms with Gasteiger partial charge >= 0.3 is 19.8 Å². The molecule has 0 radical (unpaired) electrons. The summed E-state index contributed by atoms with van der Waals surface area (Å²) in [5, 5.41) is 31.8. The average Bonchev–Trinajstić information content (AvgIpc) is 3.21. The molecule has 0 spiro atoms. The smallest absolute Gasteiger partial charge is 0.462 e. The minimum absolute atomic E-state index is 0.0676. The van der Waals surface area contributed by atoms with Crippen LogP contribution < -0.4 is 0 Å². The van der Waals surface area contributed by atoms with E-state index in [1.165, 1.54) is 116 Å². The summed E-state index contributed by atoms with van der Waals surface area (Å²) >= 11 is 0. The number of phosphoric acid groups is 1. The zero-order valence-electron chi connectivity index (χ0n) is 39.2. The van der Waals surface area contributed by atoms with E-state index in [1.54, 1.807) is 0 Å². The van der Waals surface area contributed by atoms with Gasteiger partial charge in [-0.3, -0.25) is 18.6 Å². The zero-order chi connectivity index (χ0) is 45.2. The minimum Gasteiger partial charge on any atom is -0.462 e. The molecule has 0 aromatic rings. The van der Waals surface area contributed by atoms with Gasteiger partial charge in [0, 0.05) is 12.8 Å². The first kappa shape index (κ1) is 57.8. The van der Waals surface area contributed by atoms with E-state index in [-0.39, 0.29) is 32.7 Å². The van der Waals surface area contributed by atoms with Gasteiger partial charge in [0.15, 0.2) is 12.4 Å². The molecule has 7 atom stereocenters. The number of hydrogen-bond acceptors (Lipinski definition) is 12. The Morgan fingerprint density at radius 2 is 1.02 bits per heavy atom. The third-order valence-corrected chi connectivity index (χ3v) is 12.2. The van der Waals surface area contributed by atoms with Crippen molar-refractivity contribution in [1.29, 1.82) is 0 Å². The molecule has 0 bridgehead atoms. The molecule has 2 unspecified atom stereocenters. The molecular weight excluding hydrogens is 805 g/mol. The van der Waals surface area contributed by atoms with Gasteiger partial charge in [0.1, 0.15) is 44.2 Å². The van der Waals surface area contributed by atoms with Crippen LogP contribution in [0.4, 0.5) is 0 Å². The Hall–Kier alpha value is -1.19. The number of phosphoric ester groups is 1. The van der Waals surface area contributed by atoms with Crippen molar-refractivity contribution in [3.05, 3.63) is 0 Å². The van der Waals surface area contributed by atoms with Gasteiger partial charge in [-0.2, -0.15) is 0 Å². The SMILES string of the molecule is CCCCCCCCCCCCCCCC(=O)OCC(CO[C@H]1O[C@H](COP(=O)(O)OCC[N+](C)(C)C)[C@@H](O)[C@H](O)[C@H]1O)OC(=O)CCCCCCCCCCCCCCC. The molecule has 0 aromatic heterocycles. The summed E-state index contributed by atoms with van der Waals surface area (Å²) in [6.07, 6.45) is 22.2. The van der Waals surface area contributed by atoms with E-state index in [0.29, 0.717) is 23.9 Å². The van der Waals surface area contributed by atoms with Crippen molar-refractivity contribution in [3.8, 4) is 0 Å². The first-order valence-corrected chi connectivity index (χ1v) is 25.8. The second kappa shape index (κ2) is 36.1. The summed E-state index contributed by atoms with van der Waals surface area (Å²) < 4.78 is 45.6.